The van der Waals surface area contributed by atoms with Crippen molar-refractivity contribution in [3.8, 4) is 17.2 Å². The molecule has 0 fully saturated rings. The molecule has 3 aromatic rings. The van der Waals surface area contributed by atoms with E-state index in [1.165, 1.54) is 0 Å². The number of hydrogen-bond donors (Lipinski definition) is 2. The fraction of sp³-hybridized carbons (Fsp3) is 0.333. The first-order chi connectivity index (χ1) is 16.8. The number of carbonyl (C=O) groups excluding carboxylic acids is 2. The number of rotatable bonds is 5. The molecule has 0 radical (unpaired) electrons. The van der Waals surface area contributed by atoms with Crippen LogP contribution in [0, 0.1) is 23.7 Å². The molecule has 0 aliphatic heterocycles. The third-order valence-corrected chi connectivity index (χ3v) is 5.75. The molecule has 1 heterocycles. The number of nitriles is 1. The van der Waals surface area contributed by atoms with Crippen LogP contribution in [0.2, 0.25) is 0 Å². The fourth-order valence-corrected chi connectivity index (χ4v) is 3.63. The lowest BCUT2D eigenvalue weighted by molar-refractivity contribution is 0.0938. The highest BCUT2D eigenvalue weighted by molar-refractivity contribution is 6.05. The van der Waals surface area contributed by atoms with Crippen molar-refractivity contribution in [2.45, 2.75) is 53.9 Å². The lowest BCUT2D eigenvalue weighted by Gasteiger charge is -2.20. The van der Waals surface area contributed by atoms with Crippen molar-refractivity contribution in [2.24, 2.45) is 5.41 Å². The van der Waals surface area contributed by atoms with Crippen LogP contribution in [0.3, 0.4) is 0 Å². The van der Waals surface area contributed by atoms with Gasteiger partial charge in [-0.15, -0.1) is 0 Å². The van der Waals surface area contributed by atoms with E-state index >= 15 is 0 Å². The number of amides is 2. The van der Waals surface area contributed by atoms with Gasteiger partial charge in [0.15, 0.2) is 0 Å². The van der Waals surface area contributed by atoms with E-state index in [1.807, 2.05) is 64.1 Å². The number of carbonyl (C=O) groups is 2. The van der Waals surface area contributed by atoms with Crippen LogP contribution in [0.5, 0.6) is 0 Å². The van der Waals surface area contributed by atoms with Crippen LogP contribution in [-0.4, -0.2) is 23.3 Å². The first-order valence-corrected chi connectivity index (χ1v) is 12.0. The Morgan fingerprint density at radius 1 is 0.944 bits per heavy atom. The summed E-state index contributed by atoms with van der Waals surface area (Å²) >= 11 is 0. The molecule has 0 aliphatic rings. The number of pyridine rings is 1. The minimum Gasteiger partial charge on any atom is -0.352 e. The number of aromatic nitrogens is 1. The maximum absolute atomic E-state index is 13.1. The minimum atomic E-state index is -0.315. The van der Waals surface area contributed by atoms with Gasteiger partial charge in [-0.3, -0.25) is 14.6 Å². The molecule has 0 unspecified atom stereocenters. The Morgan fingerprint density at radius 2 is 1.67 bits per heavy atom. The van der Waals surface area contributed by atoms with Crippen molar-refractivity contribution < 1.29 is 9.59 Å². The molecular formula is C30H34N4O2. The summed E-state index contributed by atoms with van der Waals surface area (Å²) in [6.07, 6.45) is 1.61. The van der Waals surface area contributed by atoms with E-state index in [2.05, 4.69) is 42.5 Å². The van der Waals surface area contributed by atoms with Gasteiger partial charge in [-0.25, -0.2) is 0 Å². The zero-order valence-corrected chi connectivity index (χ0v) is 22.1. The Hall–Kier alpha value is -3.98. The normalized spacial score (nSPS) is 11.5. The summed E-state index contributed by atoms with van der Waals surface area (Å²) in [6, 6.07) is 16.6. The van der Waals surface area contributed by atoms with E-state index in [1.54, 1.807) is 18.3 Å². The Kier molecular flexibility index (Phi) is 7.64. The SMILES string of the molecule is Cc1ncc(NC(=O)c2cc(C#N)cc(C(C)(C)C)c2)cc1-c1cccc(C(=O)NCC(C)(C)C)c1. The average Bonchev–Trinajstić information content (AvgIpc) is 2.82. The minimum absolute atomic E-state index is 0.0132. The molecule has 0 spiro atoms. The maximum Gasteiger partial charge on any atom is 0.255 e. The Balaban J connectivity index is 1.88. The summed E-state index contributed by atoms with van der Waals surface area (Å²) in [6.45, 7) is 14.8. The van der Waals surface area contributed by atoms with Gasteiger partial charge in [-0.05, 0) is 65.3 Å². The molecule has 0 saturated carbocycles. The Bertz CT molecular complexity index is 1340. The standard InChI is InChI=1S/C30H34N4O2/c1-19-26(21-9-8-10-22(13-21)27(35)33-18-29(2,3)4)15-25(17-32-19)34-28(36)23-11-20(16-31)12-24(14-23)30(5,6)7/h8-15,17H,18H2,1-7H3,(H,33,35)(H,34,36). The largest absolute Gasteiger partial charge is 0.352 e. The van der Waals surface area contributed by atoms with Crippen molar-refractivity contribution in [3.05, 3.63) is 82.7 Å². The van der Waals surface area contributed by atoms with Gasteiger partial charge in [-0.2, -0.15) is 5.26 Å². The van der Waals surface area contributed by atoms with Crippen molar-refractivity contribution in [3.63, 3.8) is 0 Å². The van der Waals surface area contributed by atoms with Crippen LogP contribution in [0.1, 0.15) is 79.1 Å². The summed E-state index contributed by atoms with van der Waals surface area (Å²) in [5, 5.41) is 15.3. The van der Waals surface area contributed by atoms with E-state index in [4.69, 9.17) is 0 Å². The second-order valence-corrected chi connectivity index (χ2v) is 11.3. The smallest absolute Gasteiger partial charge is 0.255 e. The van der Waals surface area contributed by atoms with E-state index in [9.17, 15) is 14.9 Å². The van der Waals surface area contributed by atoms with Gasteiger partial charge in [-0.1, -0.05) is 53.7 Å². The first-order valence-electron chi connectivity index (χ1n) is 12.0. The molecule has 0 aliphatic carbocycles. The molecule has 3 rings (SSSR count). The summed E-state index contributed by atoms with van der Waals surface area (Å²) in [5.74, 6) is -0.446. The Labute approximate surface area is 213 Å². The number of nitrogens with zero attached hydrogens (tertiary/aromatic N) is 2. The number of anilines is 1. The Morgan fingerprint density at radius 3 is 2.31 bits per heavy atom. The molecule has 6 nitrogen and oxygen atoms in total. The molecule has 2 N–H and O–H groups in total. The fourth-order valence-electron chi connectivity index (χ4n) is 3.63. The van der Waals surface area contributed by atoms with Crippen LogP contribution >= 0.6 is 0 Å². The number of hydrogen-bond acceptors (Lipinski definition) is 4. The van der Waals surface area contributed by atoms with Crippen LogP contribution in [0.4, 0.5) is 5.69 Å². The molecule has 0 atom stereocenters. The van der Waals surface area contributed by atoms with Crippen molar-refractivity contribution >= 4 is 17.5 Å². The second-order valence-electron chi connectivity index (χ2n) is 11.3. The third-order valence-electron chi connectivity index (χ3n) is 5.75. The topological polar surface area (TPSA) is 94.9 Å². The van der Waals surface area contributed by atoms with Gasteiger partial charge < -0.3 is 10.6 Å². The van der Waals surface area contributed by atoms with E-state index in [0.717, 1.165) is 22.4 Å². The quantitative estimate of drug-likeness (QED) is 0.449. The van der Waals surface area contributed by atoms with Crippen LogP contribution < -0.4 is 10.6 Å². The molecule has 2 aromatic carbocycles. The first kappa shape index (κ1) is 26.6. The van der Waals surface area contributed by atoms with E-state index in [0.29, 0.717) is 28.9 Å². The molecule has 1 aromatic heterocycles. The lowest BCUT2D eigenvalue weighted by atomic mass is 9.85. The highest BCUT2D eigenvalue weighted by Crippen LogP contribution is 2.28. The van der Waals surface area contributed by atoms with Crippen molar-refractivity contribution in [1.82, 2.24) is 10.3 Å². The predicted octanol–water partition coefficient (Wildman–Crippen LogP) is 6.25. The van der Waals surface area contributed by atoms with Crippen molar-refractivity contribution in [2.75, 3.05) is 11.9 Å². The average molecular weight is 483 g/mol. The maximum atomic E-state index is 13.1. The molecule has 36 heavy (non-hydrogen) atoms. The van der Waals surface area contributed by atoms with E-state index < -0.39 is 0 Å². The zero-order chi connectivity index (χ0) is 26.7. The van der Waals surface area contributed by atoms with Gasteiger partial charge in [0.1, 0.15) is 0 Å². The number of aryl methyl sites for hydroxylation is 1. The van der Waals surface area contributed by atoms with Crippen molar-refractivity contribution in [1.29, 1.82) is 5.26 Å². The summed E-state index contributed by atoms with van der Waals surface area (Å²) in [5.41, 5.74) is 5.08. The van der Waals surface area contributed by atoms with Crippen LogP contribution in [0.25, 0.3) is 11.1 Å². The zero-order valence-electron chi connectivity index (χ0n) is 22.1. The summed E-state index contributed by atoms with van der Waals surface area (Å²) in [4.78, 5) is 30.2. The highest BCUT2D eigenvalue weighted by Gasteiger charge is 2.19. The van der Waals surface area contributed by atoms with Crippen LogP contribution in [0.15, 0.2) is 54.7 Å². The van der Waals surface area contributed by atoms with Gasteiger partial charge in [0.05, 0.1) is 23.5 Å². The van der Waals surface area contributed by atoms with Gasteiger partial charge in [0.2, 0.25) is 0 Å². The number of benzene rings is 2. The molecule has 186 valence electrons. The third kappa shape index (κ3) is 6.79. The molecule has 6 heteroatoms. The highest BCUT2D eigenvalue weighted by atomic mass is 16.2. The van der Waals surface area contributed by atoms with E-state index in [-0.39, 0.29) is 22.6 Å². The van der Waals surface area contributed by atoms with Gasteiger partial charge in [0, 0.05) is 28.9 Å². The summed E-state index contributed by atoms with van der Waals surface area (Å²) < 4.78 is 0. The van der Waals surface area contributed by atoms with Gasteiger partial charge >= 0.3 is 0 Å². The predicted molar refractivity (Wildman–Crippen MR) is 144 cm³/mol. The molecule has 0 saturated heterocycles. The van der Waals surface area contributed by atoms with Gasteiger partial charge in [0.25, 0.3) is 11.8 Å². The number of nitrogens with one attached hydrogen (secondary N) is 2. The molecule has 0 bridgehead atoms. The molecular weight excluding hydrogens is 448 g/mol. The summed E-state index contributed by atoms with van der Waals surface area (Å²) in [7, 11) is 0. The van der Waals surface area contributed by atoms with Crippen LogP contribution in [-0.2, 0) is 5.41 Å². The second kappa shape index (κ2) is 10.3. The lowest BCUT2D eigenvalue weighted by Crippen LogP contribution is -2.32. The molecule has 2 amide bonds. The monoisotopic (exact) mass is 482 g/mol.